The van der Waals surface area contributed by atoms with Crippen molar-refractivity contribution >= 4 is 56.4 Å². The molecule has 2 aliphatic rings. The third-order valence-electron chi connectivity index (χ3n) is 6.95. The van der Waals surface area contributed by atoms with Crippen LogP contribution in [0.5, 0.6) is 11.5 Å². The first-order chi connectivity index (χ1) is 20.9. The number of carbonyl (C=O) groups is 2. The Morgan fingerprint density at radius 1 is 1.07 bits per heavy atom. The summed E-state index contributed by atoms with van der Waals surface area (Å²) in [6.45, 7) is 9.45. The second kappa shape index (κ2) is 14.2. The zero-order valence-electron chi connectivity index (χ0n) is 24.5. The molecule has 8 nitrogen and oxygen atoms in total. The molecule has 0 N–H and O–H groups in total. The Morgan fingerprint density at radius 3 is 2.56 bits per heavy atom. The van der Waals surface area contributed by atoms with E-state index in [2.05, 4.69) is 35.0 Å². The van der Waals surface area contributed by atoms with Gasteiger partial charge in [-0.15, -0.1) is 0 Å². The van der Waals surface area contributed by atoms with Gasteiger partial charge >= 0.3 is 0 Å². The molecule has 0 spiro atoms. The molecule has 224 valence electrons. The van der Waals surface area contributed by atoms with Crippen LogP contribution in [0.15, 0.2) is 75.0 Å². The molecule has 0 unspecified atom stereocenters. The molecular weight excluding hydrogens is 630 g/mol. The first kappa shape index (κ1) is 30.8. The van der Waals surface area contributed by atoms with Crippen LogP contribution < -0.4 is 9.47 Å². The summed E-state index contributed by atoms with van der Waals surface area (Å²) >= 11 is 4.96. The fourth-order valence-electron chi connectivity index (χ4n) is 4.70. The smallest absolute Gasteiger partial charge is 0.266 e. The van der Waals surface area contributed by atoms with Gasteiger partial charge in [0.1, 0.15) is 6.61 Å². The lowest BCUT2D eigenvalue weighted by Gasteiger charge is -2.26. The second-order valence-electron chi connectivity index (χ2n) is 10.0. The summed E-state index contributed by atoms with van der Waals surface area (Å²) < 4.78 is 18.2. The zero-order chi connectivity index (χ0) is 30.3. The number of aryl methyl sites for hydroxylation is 1. The Balaban J connectivity index is 1.37. The molecule has 0 aromatic heterocycles. The minimum Gasteiger partial charge on any atom is -0.490 e. The van der Waals surface area contributed by atoms with E-state index >= 15 is 0 Å². The van der Waals surface area contributed by atoms with Crippen LogP contribution in [0.4, 0.5) is 5.69 Å². The van der Waals surface area contributed by atoms with E-state index < -0.39 is 0 Å². The van der Waals surface area contributed by atoms with Gasteiger partial charge in [-0.25, -0.2) is 4.99 Å². The number of amides is 2. The fourth-order valence-corrected chi connectivity index (χ4v) is 6.34. The minimum atomic E-state index is -0.124. The van der Waals surface area contributed by atoms with Crippen molar-refractivity contribution in [3.63, 3.8) is 0 Å². The number of rotatable bonds is 9. The highest BCUT2D eigenvalue weighted by molar-refractivity contribution is 9.10. The molecule has 0 bridgehead atoms. The summed E-state index contributed by atoms with van der Waals surface area (Å²) in [7, 11) is 0. The third-order valence-corrected chi connectivity index (χ3v) is 8.55. The number of halogens is 1. The molecular formula is C33H34BrN3O5S. The maximum Gasteiger partial charge on any atom is 0.266 e. The third kappa shape index (κ3) is 7.49. The normalized spacial score (nSPS) is 17.2. The Labute approximate surface area is 264 Å². The molecule has 2 heterocycles. The fraction of sp³-hybridized carbons (Fsp3) is 0.303. The number of thioether (sulfide) groups is 1. The number of likely N-dealkylation sites (N-methyl/N-ethyl adjacent to an activating group) is 1. The van der Waals surface area contributed by atoms with Crippen LogP contribution in [-0.4, -0.2) is 66.2 Å². The summed E-state index contributed by atoms with van der Waals surface area (Å²) in [6, 6.07) is 19.2. The Morgan fingerprint density at radius 2 is 1.84 bits per heavy atom. The van der Waals surface area contributed by atoms with Crippen LogP contribution in [0.2, 0.25) is 0 Å². The van der Waals surface area contributed by atoms with E-state index in [1.165, 1.54) is 17.3 Å². The molecule has 10 heteroatoms. The van der Waals surface area contributed by atoms with Crippen molar-refractivity contribution in [1.82, 2.24) is 9.80 Å². The van der Waals surface area contributed by atoms with E-state index in [1.807, 2.05) is 56.3 Å². The number of hydrogen-bond acceptors (Lipinski definition) is 7. The first-order valence-corrected chi connectivity index (χ1v) is 15.9. The van der Waals surface area contributed by atoms with E-state index in [-0.39, 0.29) is 11.8 Å². The highest BCUT2D eigenvalue weighted by atomic mass is 79.9. The first-order valence-electron chi connectivity index (χ1n) is 14.3. The topological polar surface area (TPSA) is 80.7 Å². The quantitative estimate of drug-likeness (QED) is 0.234. The maximum absolute atomic E-state index is 13.4. The molecule has 2 aliphatic heterocycles. The number of hydrogen-bond donors (Lipinski definition) is 0. The highest BCUT2D eigenvalue weighted by Gasteiger charge is 2.32. The van der Waals surface area contributed by atoms with Crippen molar-refractivity contribution in [2.45, 2.75) is 27.4 Å². The average molecular weight is 665 g/mol. The Hall–Kier alpha value is -3.60. The standard InChI is InChI=1S/C33H34BrN3O5S/c1-4-37-32(39)29(43-33(37)35-26-8-6-7-25(20-26)31(38)36-13-15-40-16-14-36)19-24-17-27(34)30(28(18-24)41-5-2)42-21-23-11-9-22(3)10-12-23/h6-12,17-20H,4-5,13-16,21H2,1-3H3/b29-19+,35-33?. The lowest BCUT2D eigenvalue weighted by atomic mass is 10.1. The van der Waals surface area contributed by atoms with E-state index in [4.69, 9.17) is 19.2 Å². The van der Waals surface area contributed by atoms with Gasteiger partial charge in [0.05, 0.1) is 34.9 Å². The maximum atomic E-state index is 13.4. The molecule has 0 saturated carbocycles. The van der Waals surface area contributed by atoms with Gasteiger partial charge in [0.2, 0.25) is 0 Å². The molecule has 2 amide bonds. The SMILES string of the molecule is CCOc1cc(/C=C2/SC(=Nc3cccc(C(=O)N4CCOCC4)c3)N(CC)C2=O)cc(Br)c1OCc1ccc(C)cc1. The van der Waals surface area contributed by atoms with Gasteiger partial charge < -0.3 is 19.1 Å². The van der Waals surface area contributed by atoms with Crippen molar-refractivity contribution < 1.29 is 23.8 Å². The van der Waals surface area contributed by atoms with E-state index in [0.29, 0.717) is 78.9 Å². The lowest BCUT2D eigenvalue weighted by Crippen LogP contribution is -2.40. The van der Waals surface area contributed by atoms with Crippen molar-refractivity contribution in [3.8, 4) is 11.5 Å². The number of carbonyl (C=O) groups excluding carboxylic acids is 2. The summed E-state index contributed by atoms with van der Waals surface area (Å²) in [4.78, 5) is 35.1. The molecule has 0 radical (unpaired) electrons. The number of benzene rings is 3. The zero-order valence-corrected chi connectivity index (χ0v) is 26.9. The van der Waals surface area contributed by atoms with Crippen LogP contribution in [-0.2, 0) is 16.1 Å². The summed E-state index contributed by atoms with van der Waals surface area (Å²) in [6.07, 6.45) is 1.84. The van der Waals surface area contributed by atoms with Crippen LogP contribution in [0.25, 0.3) is 6.08 Å². The van der Waals surface area contributed by atoms with Crippen LogP contribution in [0, 0.1) is 6.92 Å². The number of aliphatic imine (C=N–C) groups is 1. The predicted molar refractivity (Wildman–Crippen MR) is 174 cm³/mol. The molecule has 2 fully saturated rings. The molecule has 43 heavy (non-hydrogen) atoms. The van der Waals surface area contributed by atoms with Crippen LogP contribution in [0.3, 0.4) is 0 Å². The number of morpholine rings is 1. The Kier molecular flexibility index (Phi) is 10.2. The second-order valence-corrected chi connectivity index (χ2v) is 11.9. The Bertz CT molecular complexity index is 1550. The number of ether oxygens (including phenoxy) is 3. The van der Waals surface area contributed by atoms with Gasteiger partial charge in [0.15, 0.2) is 16.7 Å². The molecule has 2 saturated heterocycles. The van der Waals surface area contributed by atoms with Crippen molar-refractivity contribution in [2.75, 3.05) is 39.5 Å². The molecule has 0 atom stereocenters. The molecule has 3 aromatic rings. The molecule has 5 rings (SSSR count). The summed E-state index contributed by atoms with van der Waals surface area (Å²) in [5.74, 6) is 1.03. The highest BCUT2D eigenvalue weighted by Crippen LogP contribution is 2.40. The van der Waals surface area contributed by atoms with Gasteiger partial charge in [-0.3, -0.25) is 14.5 Å². The van der Waals surface area contributed by atoms with Crippen LogP contribution >= 0.6 is 27.7 Å². The lowest BCUT2D eigenvalue weighted by molar-refractivity contribution is -0.122. The average Bonchev–Trinajstić information content (AvgIpc) is 3.30. The van der Waals surface area contributed by atoms with Gasteiger partial charge in [0, 0.05) is 25.2 Å². The largest absolute Gasteiger partial charge is 0.490 e. The van der Waals surface area contributed by atoms with Gasteiger partial charge in [-0.2, -0.15) is 0 Å². The van der Waals surface area contributed by atoms with E-state index in [9.17, 15) is 9.59 Å². The monoisotopic (exact) mass is 663 g/mol. The van der Waals surface area contributed by atoms with Gasteiger partial charge in [-0.1, -0.05) is 35.9 Å². The van der Waals surface area contributed by atoms with Crippen LogP contribution in [0.1, 0.15) is 40.9 Å². The number of nitrogens with zero attached hydrogens (tertiary/aromatic N) is 3. The van der Waals surface area contributed by atoms with Gasteiger partial charge in [-0.05, 0) is 96.0 Å². The van der Waals surface area contributed by atoms with Crippen molar-refractivity contribution in [2.24, 2.45) is 4.99 Å². The van der Waals surface area contributed by atoms with E-state index in [1.54, 1.807) is 21.9 Å². The van der Waals surface area contributed by atoms with Crippen molar-refractivity contribution in [3.05, 3.63) is 92.3 Å². The molecule has 0 aliphatic carbocycles. The van der Waals surface area contributed by atoms with Gasteiger partial charge in [0.25, 0.3) is 11.8 Å². The number of amidine groups is 1. The summed E-state index contributed by atoms with van der Waals surface area (Å²) in [5, 5.41) is 0.567. The van der Waals surface area contributed by atoms with E-state index in [0.717, 1.165) is 15.6 Å². The predicted octanol–water partition coefficient (Wildman–Crippen LogP) is 6.83. The minimum absolute atomic E-state index is 0.0459. The summed E-state index contributed by atoms with van der Waals surface area (Å²) in [5.41, 5.74) is 4.23. The van der Waals surface area contributed by atoms with Crippen molar-refractivity contribution in [1.29, 1.82) is 0 Å². The molecule has 3 aromatic carbocycles.